The molecule has 0 spiro atoms. The zero-order valence-corrected chi connectivity index (χ0v) is 12.4. The van der Waals surface area contributed by atoms with Gasteiger partial charge < -0.3 is 20.3 Å². The lowest BCUT2D eigenvalue weighted by atomic mass is 10.1. The molecule has 1 aliphatic rings. The molecular formula is C15H23N3O2. The molecule has 0 radical (unpaired) electrons. The number of anilines is 2. The second kappa shape index (κ2) is 6.13. The zero-order chi connectivity index (χ0) is 14.7. The predicted molar refractivity (Wildman–Crippen MR) is 81.1 cm³/mol. The lowest BCUT2D eigenvalue weighted by Gasteiger charge is -2.24. The maximum atomic E-state index is 11.9. The summed E-state index contributed by atoms with van der Waals surface area (Å²) in [5.74, 6) is -0.0370. The fourth-order valence-electron chi connectivity index (χ4n) is 2.49. The monoisotopic (exact) mass is 277 g/mol. The second-order valence-corrected chi connectivity index (χ2v) is 5.49. The van der Waals surface area contributed by atoms with Crippen LogP contribution >= 0.6 is 0 Å². The van der Waals surface area contributed by atoms with Crippen molar-refractivity contribution in [3.63, 3.8) is 0 Å². The third kappa shape index (κ3) is 3.22. The first-order valence-corrected chi connectivity index (χ1v) is 6.93. The maximum Gasteiger partial charge on any atom is 0.253 e. The van der Waals surface area contributed by atoms with E-state index in [1.165, 1.54) is 0 Å². The molecule has 0 aromatic heterocycles. The van der Waals surface area contributed by atoms with Crippen LogP contribution in [0.25, 0.3) is 0 Å². The number of ether oxygens (including phenoxy) is 1. The first kappa shape index (κ1) is 14.7. The molecule has 0 bridgehead atoms. The summed E-state index contributed by atoms with van der Waals surface area (Å²) in [5, 5.41) is 0. The standard InChI is InChI=1S/C15H23N3O2/c1-17(2)15(19)11-6-7-14(13(16)9-11)18(3)10-12-5-4-8-20-12/h6-7,9,12H,4-5,8,10,16H2,1-3H3. The van der Waals surface area contributed by atoms with Crippen LogP contribution in [0.5, 0.6) is 0 Å². The van der Waals surface area contributed by atoms with Crippen LogP contribution in [0.15, 0.2) is 18.2 Å². The number of rotatable bonds is 4. The summed E-state index contributed by atoms with van der Waals surface area (Å²) in [7, 11) is 5.47. The Hall–Kier alpha value is -1.75. The van der Waals surface area contributed by atoms with Crippen molar-refractivity contribution in [1.29, 1.82) is 0 Å². The van der Waals surface area contributed by atoms with Gasteiger partial charge in [0.1, 0.15) is 0 Å². The normalized spacial score (nSPS) is 18.1. The Bertz CT molecular complexity index is 482. The van der Waals surface area contributed by atoms with Crippen LogP contribution in [0.3, 0.4) is 0 Å². The average molecular weight is 277 g/mol. The summed E-state index contributed by atoms with van der Waals surface area (Å²) in [6.45, 7) is 1.68. The summed E-state index contributed by atoms with van der Waals surface area (Å²) >= 11 is 0. The fraction of sp³-hybridized carbons (Fsp3) is 0.533. The third-order valence-corrected chi connectivity index (χ3v) is 3.59. The van der Waals surface area contributed by atoms with E-state index in [4.69, 9.17) is 10.5 Å². The molecule has 1 saturated heterocycles. The van der Waals surface area contributed by atoms with Crippen molar-refractivity contribution in [2.24, 2.45) is 0 Å². The van der Waals surface area contributed by atoms with Gasteiger partial charge in [-0.3, -0.25) is 4.79 Å². The first-order valence-electron chi connectivity index (χ1n) is 6.93. The van der Waals surface area contributed by atoms with Gasteiger partial charge in [0, 0.05) is 39.9 Å². The Kier molecular flexibility index (Phi) is 4.49. The van der Waals surface area contributed by atoms with Crippen LogP contribution < -0.4 is 10.6 Å². The number of benzene rings is 1. The Balaban J connectivity index is 2.10. The van der Waals surface area contributed by atoms with Crippen molar-refractivity contribution in [1.82, 2.24) is 4.90 Å². The summed E-state index contributed by atoms with van der Waals surface area (Å²) < 4.78 is 5.64. The fourth-order valence-corrected chi connectivity index (χ4v) is 2.49. The lowest BCUT2D eigenvalue weighted by Crippen LogP contribution is -2.29. The SMILES string of the molecule is CN(C)C(=O)c1ccc(N(C)CC2CCCO2)c(N)c1. The number of hydrogen-bond acceptors (Lipinski definition) is 4. The van der Waals surface area contributed by atoms with E-state index >= 15 is 0 Å². The number of hydrogen-bond donors (Lipinski definition) is 1. The number of carbonyl (C=O) groups excluding carboxylic acids is 1. The topological polar surface area (TPSA) is 58.8 Å². The van der Waals surface area contributed by atoms with E-state index in [9.17, 15) is 4.79 Å². The van der Waals surface area contributed by atoms with E-state index < -0.39 is 0 Å². The van der Waals surface area contributed by atoms with Gasteiger partial charge in [0.05, 0.1) is 17.5 Å². The molecule has 1 unspecified atom stereocenters. The summed E-state index contributed by atoms with van der Waals surface area (Å²) in [5.41, 5.74) is 8.26. The van der Waals surface area contributed by atoms with Gasteiger partial charge in [0.2, 0.25) is 0 Å². The molecular weight excluding hydrogens is 254 g/mol. The molecule has 5 heteroatoms. The minimum absolute atomic E-state index is 0.0370. The lowest BCUT2D eigenvalue weighted by molar-refractivity contribution is 0.0827. The highest BCUT2D eigenvalue weighted by Gasteiger charge is 2.19. The Morgan fingerprint density at radius 1 is 1.40 bits per heavy atom. The first-order chi connectivity index (χ1) is 9.49. The predicted octanol–water partition coefficient (Wildman–Crippen LogP) is 1.59. The van der Waals surface area contributed by atoms with Gasteiger partial charge in [-0.25, -0.2) is 0 Å². The number of nitrogens with two attached hydrogens (primary N) is 1. The molecule has 2 rings (SSSR count). The van der Waals surface area contributed by atoms with Crippen molar-refractivity contribution in [3.05, 3.63) is 23.8 Å². The maximum absolute atomic E-state index is 11.9. The van der Waals surface area contributed by atoms with Crippen LogP contribution in [-0.2, 0) is 4.74 Å². The third-order valence-electron chi connectivity index (χ3n) is 3.59. The van der Waals surface area contributed by atoms with Crippen LogP contribution in [-0.4, -0.2) is 51.2 Å². The van der Waals surface area contributed by atoms with Gasteiger partial charge >= 0.3 is 0 Å². The van der Waals surface area contributed by atoms with E-state index in [2.05, 4.69) is 4.90 Å². The highest BCUT2D eigenvalue weighted by molar-refractivity contribution is 5.95. The average Bonchev–Trinajstić information content (AvgIpc) is 2.90. The van der Waals surface area contributed by atoms with Crippen LogP contribution in [0, 0.1) is 0 Å². The number of amides is 1. The van der Waals surface area contributed by atoms with E-state index in [-0.39, 0.29) is 12.0 Å². The van der Waals surface area contributed by atoms with Crippen molar-refractivity contribution in [2.75, 3.05) is 44.9 Å². The van der Waals surface area contributed by atoms with E-state index in [0.29, 0.717) is 11.3 Å². The molecule has 0 aliphatic carbocycles. The summed E-state index contributed by atoms with van der Waals surface area (Å²) in [4.78, 5) is 15.5. The molecule has 5 nitrogen and oxygen atoms in total. The van der Waals surface area contributed by atoms with Crippen molar-refractivity contribution in [2.45, 2.75) is 18.9 Å². The molecule has 1 aromatic rings. The molecule has 2 N–H and O–H groups in total. The van der Waals surface area contributed by atoms with Crippen LogP contribution in [0.2, 0.25) is 0 Å². The Labute approximate surface area is 120 Å². The van der Waals surface area contributed by atoms with Gasteiger partial charge in [-0.2, -0.15) is 0 Å². The van der Waals surface area contributed by atoms with Gasteiger partial charge in [0.25, 0.3) is 5.91 Å². The van der Waals surface area contributed by atoms with Crippen LogP contribution in [0.1, 0.15) is 23.2 Å². The number of carbonyl (C=O) groups is 1. The molecule has 1 aromatic carbocycles. The second-order valence-electron chi connectivity index (χ2n) is 5.49. The van der Waals surface area contributed by atoms with Crippen molar-refractivity contribution in [3.8, 4) is 0 Å². The van der Waals surface area contributed by atoms with Gasteiger partial charge in [-0.15, -0.1) is 0 Å². The van der Waals surface area contributed by atoms with E-state index in [0.717, 1.165) is 31.7 Å². The van der Waals surface area contributed by atoms with E-state index in [1.807, 2.05) is 19.2 Å². The Morgan fingerprint density at radius 3 is 2.70 bits per heavy atom. The number of nitrogen functional groups attached to an aromatic ring is 1. The zero-order valence-electron chi connectivity index (χ0n) is 12.4. The van der Waals surface area contributed by atoms with Crippen molar-refractivity contribution < 1.29 is 9.53 Å². The molecule has 0 saturated carbocycles. The summed E-state index contributed by atoms with van der Waals surface area (Å²) in [6.07, 6.45) is 2.51. The van der Waals surface area contributed by atoms with Gasteiger partial charge in [-0.05, 0) is 31.0 Å². The van der Waals surface area contributed by atoms with Crippen molar-refractivity contribution >= 4 is 17.3 Å². The highest BCUT2D eigenvalue weighted by Crippen LogP contribution is 2.25. The van der Waals surface area contributed by atoms with Gasteiger partial charge in [-0.1, -0.05) is 0 Å². The number of likely N-dealkylation sites (N-methyl/N-ethyl adjacent to an activating group) is 1. The Morgan fingerprint density at radius 2 is 2.15 bits per heavy atom. The number of nitrogens with zero attached hydrogens (tertiary/aromatic N) is 2. The molecule has 1 heterocycles. The van der Waals surface area contributed by atoms with Gasteiger partial charge in [0.15, 0.2) is 0 Å². The molecule has 110 valence electrons. The summed E-state index contributed by atoms with van der Waals surface area (Å²) in [6, 6.07) is 5.46. The quantitative estimate of drug-likeness (QED) is 0.849. The van der Waals surface area contributed by atoms with E-state index in [1.54, 1.807) is 25.1 Å². The molecule has 20 heavy (non-hydrogen) atoms. The molecule has 1 fully saturated rings. The van der Waals surface area contributed by atoms with Crippen LogP contribution in [0.4, 0.5) is 11.4 Å². The molecule has 1 aliphatic heterocycles. The smallest absolute Gasteiger partial charge is 0.253 e. The molecule has 1 amide bonds. The minimum Gasteiger partial charge on any atom is -0.397 e. The highest BCUT2D eigenvalue weighted by atomic mass is 16.5. The minimum atomic E-state index is -0.0370. The molecule has 1 atom stereocenters. The largest absolute Gasteiger partial charge is 0.397 e.